The van der Waals surface area contributed by atoms with E-state index in [1.807, 2.05) is 94.4 Å². The van der Waals surface area contributed by atoms with Crippen LogP contribution in [-0.4, -0.2) is 43.8 Å². The van der Waals surface area contributed by atoms with Crippen molar-refractivity contribution in [2.45, 2.75) is 83.3 Å². The molecule has 8 heteroatoms. The summed E-state index contributed by atoms with van der Waals surface area (Å²) in [4.78, 5) is 30.6. The molecule has 0 bridgehead atoms. The first-order chi connectivity index (χ1) is 22.5. The van der Waals surface area contributed by atoms with Crippen LogP contribution in [0.2, 0.25) is 0 Å². The van der Waals surface area contributed by atoms with Crippen LogP contribution in [0.15, 0.2) is 102 Å². The van der Waals surface area contributed by atoms with Crippen molar-refractivity contribution >= 4 is 27.5 Å². The SMILES string of the molecule is Cc1ccc(CN(C(=O)CN(c2cc(C)ccc2C)S(=O)(=O)c2ccc(C)cc2)[C@H](Cc2ccccc2)C(=O)NC2CCCC2)cc1. The molecule has 0 heterocycles. The fourth-order valence-corrected chi connectivity index (χ4v) is 7.62. The number of sulfonamides is 1. The Labute approximate surface area is 279 Å². The van der Waals surface area contributed by atoms with Gasteiger partial charge in [0, 0.05) is 19.0 Å². The molecule has 1 atom stereocenters. The number of amides is 2. The zero-order valence-electron chi connectivity index (χ0n) is 27.8. The van der Waals surface area contributed by atoms with E-state index in [4.69, 9.17) is 0 Å². The van der Waals surface area contributed by atoms with Gasteiger partial charge in [-0.3, -0.25) is 13.9 Å². The third kappa shape index (κ3) is 8.49. The maximum absolute atomic E-state index is 14.7. The molecule has 0 aromatic heterocycles. The maximum atomic E-state index is 14.7. The molecule has 0 saturated heterocycles. The summed E-state index contributed by atoms with van der Waals surface area (Å²) in [5.41, 5.74) is 5.82. The second kappa shape index (κ2) is 15.0. The maximum Gasteiger partial charge on any atom is 0.264 e. The van der Waals surface area contributed by atoms with Gasteiger partial charge in [-0.05, 0) is 81.0 Å². The van der Waals surface area contributed by atoms with Crippen LogP contribution >= 0.6 is 0 Å². The Morgan fingerprint density at radius 3 is 2.00 bits per heavy atom. The van der Waals surface area contributed by atoms with E-state index in [1.165, 1.54) is 4.31 Å². The van der Waals surface area contributed by atoms with Crippen molar-refractivity contribution in [1.29, 1.82) is 0 Å². The number of carbonyl (C=O) groups excluding carboxylic acids is 2. The quantitative estimate of drug-likeness (QED) is 0.182. The molecule has 0 unspecified atom stereocenters. The van der Waals surface area contributed by atoms with Crippen molar-refractivity contribution < 1.29 is 18.0 Å². The van der Waals surface area contributed by atoms with Crippen molar-refractivity contribution in [3.63, 3.8) is 0 Å². The highest BCUT2D eigenvalue weighted by Gasteiger charge is 2.36. The van der Waals surface area contributed by atoms with E-state index in [9.17, 15) is 18.0 Å². The molecule has 1 aliphatic rings. The van der Waals surface area contributed by atoms with Gasteiger partial charge >= 0.3 is 0 Å². The van der Waals surface area contributed by atoms with Gasteiger partial charge in [-0.25, -0.2) is 8.42 Å². The molecule has 5 rings (SSSR count). The Hall–Kier alpha value is -4.43. The minimum atomic E-state index is -4.16. The smallest absolute Gasteiger partial charge is 0.264 e. The highest BCUT2D eigenvalue weighted by molar-refractivity contribution is 7.92. The average molecular weight is 652 g/mol. The van der Waals surface area contributed by atoms with Crippen LogP contribution in [0.1, 0.15) is 59.1 Å². The summed E-state index contributed by atoms with van der Waals surface area (Å²) >= 11 is 0. The minimum Gasteiger partial charge on any atom is -0.352 e. The lowest BCUT2D eigenvalue weighted by molar-refractivity contribution is -0.140. The summed E-state index contributed by atoms with van der Waals surface area (Å²) in [6, 6.07) is 29.0. The number of benzene rings is 4. The van der Waals surface area contributed by atoms with Gasteiger partial charge in [0.2, 0.25) is 11.8 Å². The normalized spacial score (nSPS) is 14.0. The van der Waals surface area contributed by atoms with Crippen LogP contribution in [-0.2, 0) is 32.6 Å². The largest absolute Gasteiger partial charge is 0.352 e. The second-order valence-corrected chi connectivity index (χ2v) is 14.7. The zero-order chi connectivity index (χ0) is 33.6. The van der Waals surface area contributed by atoms with Gasteiger partial charge in [-0.1, -0.05) is 103 Å². The van der Waals surface area contributed by atoms with E-state index >= 15 is 0 Å². The van der Waals surface area contributed by atoms with Crippen LogP contribution in [0.5, 0.6) is 0 Å². The number of hydrogen-bond acceptors (Lipinski definition) is 4. The monoisotopic (exact) mass is 651 g/mol. The highest BCUT2D eigenvalue weighted by Crippen LogP contribution is 2.29. The van der Waals surface area contributed by atoms with E-state index in [0.29, 0.717) is 12.1 Å². The molecular formula is C39H45N3O4S. The summed E-state index contributed by atoms with van der Waals surface area (Å²) in [5, 5.41) is 3.23. The van der Waals surface area contributed by atoms with Gasteiger partial charge in [0.1, 0.15) is 12.6 Å². The lowest BCUT2D eigenvalue weighted by Gasteiger charge is -2.34. The molecule has 2 amide bonds. The first kappa shape index (κ1) is 33.9. The average Bonchev–Trinajstić information content (AvgIpc) is 3.57. The van der Waals surface area contributed by atoms with Crippen molar-refractivity contribution in [3.8, 4) is 0 Å². The van der Waals surface area contributed by atoms with E-state index in [1.54, 1.807) is 35.2 Å². The Balaban J connectivity index is 1.58. The molecule has 1 saturated carbocycles. The molecule has 0 radical (unpaired) electrons. The van der Waals surface area contributed by atoms with Crippen LogP contribution in [0, 0.1) is 27.7 Å². The summed E-state index contributed by atoms with van der Waals surface area (Å²) in [5.74, 6) is -0.675. The van der Waals surface area contributed by atoms with E-state index in [-0.39, 0.29) is 23.4 Å². The Kier molecular flexibility index (Phi) is 10.8. The predicted octanol–water partition coefficient (Wildman–Crippen LogP) is 6.81. The van der Waals surface area contributed by atoms with Gasteiger partial charge in [0.15, 0.2) is 0 Å². The Morgan fingerprint density at radius 1 is 0.766 bits per heavy atom. The van der Waals surface area contributed by atoms with E-state index < -0.39 is 28.5 Å². The third-order valence-electron chi connectivity index (χ3n) is 8.97. The second-order valence-electron chi connectivity index (χ2n) is 12.8. The van der Waals surface area contributed by atoms with Crippen molar-refractivity contribution in [2.75, 3.05) is 10.8 Å². The lowest BCUT2D eigenvalue weighted by Crippen LogP contribution is -2.54. The number of nitrogens with one attached hydrogen (secondary N) is 1. The van der Waals surface area contributed by atoms with Crippen molar-refractivity contribution in [3.05, 3.63) is 130 Å². The first-order valence-electron chi connectivity index (χ1n) is 16.4. The third-order valence-corrected chi connectivity index (χ3v) is 10.7. The Morgan fingerprint density at radius 2 is 1.36 bits per heavy atom. The standard InChI is InChI=1S/C39H45N3O4S/c1-28-15-20-33(21-16-28)26-41(37(25-32-10-6-5-7-11-32)39(44)40-34-12-8-9-13-34)38(43)27-42(36-24-30(3)14-19-31(36)4)47(45,46)35-22-17-29(2)18-23-35/h5-7,10-11,14-24,34,37H,8-9,12-13,25-27H2,1-4H3,(H,40,44)/t37-/m1/s1. The fraction of sp³-hybridized carbons (Fsp3) is 0.333. The summed E-state index contributed by atoms with van der Waals surface area (Å²) in [6.45, 7) is 7.32. The molecular weight excluding hydrogens is 607 g/mol. The molecule has 7 nitrogen and oxygen atoms in total. The molecule has 1 aliphatic carbocycles. The van der Waals surface area contributed by atoms with Gasteiger partial charge < -0.3 is 10.2 Å². The van der Waals surface area contributed by atoms with E-state index in [2.05, 4.69) is 5.32 Å². The summed E-state index contributed by atoms with van der Waals surface area (Å²) < 4.78 is 29.9. The number of anilines is 1. The predicted molar refractivity (Wildman–Crippen MR) is 188 cm³/mol. The number of hydrogen-bond donors (Lipinski definition) is 1. The molecule has 4 aromatic rings. The molecule has 4 aromatic carbocycles. The molecule has 1 fully saturated rings. The lowest BCUT2D eigenvalue weighted by atomic mass is 10.0. The number of carbonyl (C=O) groups is 2. The van der Waals surface area contributed by atoms with Gasteiger partial charge in [-0.2, -0.15) is 0 Å². The van der Waals surface area contributed by atoms with Gasteiger partial charge in [-0.15, -0.1) is 0 Å². The highest BCUT2D eigenvalue weighted by atomic mass is 32.2. The summed E-state index contributed by atoms with van der Waals surface area (Å²) in [7, 11) is -4.16. The Bertz CT molecular complexity index is 1780. The first-order valence-corrected chi connectivity index (χ1v) is 17.8. The van der Waals surface area contributed by atoms with Crippen LogP contribution in [0.25, 0.3) is 0 Å². The molecule has 246 valence electrons. The number of aryl methyl sites for hydroxylation is 4. The number of nitrogens with zero attached hydrogens (tertiary/aromatic N) is 2. The summed E-state index contributed by atoms with van der Waals surface area (Å²) in [6.07, 6.45) is 4.23. The van der Waals surface area contributed by atoms with Gasteiger partial charge in [0.05, 0.1) is 10.6 Å². The van der Waals surface area contributed by atoms with Crippen LogP contribution < -0.4 is 9.62 Å². The van der Waals surface area contributed by atoms with Crippen LogP contribution in [0.3, 0.4) is 0 Å². The van der Waals surface area contributed by atoms with Crippen LogP contribution in [0.4, 0.5) is 5.69 Å². The molecule has 0 spiro atoms. The van der Waals surface area contributed by atoms with Gasteiger partial charge in [0.25, 0.3) is 10.0 Å². The van der Waals surface area contributed by atoms with E-state index in [0.717, 1.165) is 59.1 Å². The minimum absolute atomic E-state index is 0.0606. The van der Waals surface area contributed by atoms with Crippen molar-refractivity contribution in [2.24, 2.45) is 0 Å². The zero-order valence-corrected chi connectivity index (χ0v) is 28.6. The molecule has 47 heavy (non-hydrogen) atoms. The molecule has 1 N–H and O–H groups in total. The number of rotatable bonds is 12. The van der Waals surface area contributed by atoms with Crippen molar-refractivity contribution in [1.82, 2.24) is 10.2 Å². The topological polar surface area (TPSA) is 86.8 Å². The molecule has 0 aliphatic heterocycles. The fourth-order valence-electron chi connectivity index (χ4n) is 6.15.